The summed E-state index contributed by atoms with van der Waals surface area (Å²) in [6.45, 7) is 1.28. The Morgan fingerprint density at radius 3 is 2.24 bits per heavy atom. The highest BCUT2D eigenvalue weighted by Crippen LogP contribution is 2.29. The zero-order chi connectivity index (χ0) is 24.1. The molecule has 1 aromatic heterocycles. The van der Waals surface area contributed by atoms with Crippen molar-refractivity contribution in [2.24, 2.45) is 11.8 Å². The molecule has 0 aliphatic heterocycles. The van der Waals surface area contributed by atoms with Crippen molar-refractivity contribution in [3.8, 4) is 5.75 Å². The Labute approximate surface area is 201 Å². The van der Waals surface area contributed by atoms with Crippen LogP contribution in [0.3, 0.4) is 0 Å². The van der Waals surface area contributed by atoms with E-state index in [2.05, 4.69) is 15.0 Å². The van der Waals surface area contributed by atoms with E-state index in [4.69, 9.17) is 9.72 Å². The third-order valence-electron chi connectivity index (χ3n) is 6.45. The Kier molecular flexibility index (Phi) is 7.53. The van der Waals surface area contributed by atoms with E-state index in [-0.39, 0.29) is 4.90 Å². The topological polar surface area (TPSA) is 96.5 Å². The summed E-state index contributed by atoms with van der Waals surface area (Å²) < 4.78 is 33.1. The third-order valence-corrected chi connectivity index (χ3v) is 7.89. The smallest absolute Gasteiger partial charge is 0.240 e. The number of para-hydroxylation sites is 1. The van der Waals surface area contributed by atoms with E-state index < -0.39 is 10.0 Å². The molecule has 0 amide bonds. The van der Waals surface area contributed by atoms with E-state index in [1.165, 1.54) is 0 Å². The van der Waals surface area contributed by atoms with Crippen LogP contribution in [0.5, 0.6) is 5.75 Å². The number of sulfonamides is 1. The molecule has 9 heteroatoms. The molecule has 1 aliphatic carbocycles. The molecule has 182 valence electrons. The van der Waals surface area contributed by atoms with Gasteiger partial charge in [-0.2, -0.15) is 4.98 Å². The fraction of sp³-hybridized carbons (Fsp3) is 0.440. The second kappa shape index (κ2) is 10.6. The predicted octanol–water partition coefficient (Wildman–Crippen LogP) is 3.90. The molecule has 0 unspecified atom stereocenters. The van der Waals surface area contributed by atoms with Gasteiger partial charge < -0.3 is 15.0 Å². The van der Waals surface area contributed by atoms with E-state index in [9.17, 15) is 8.42 Å². The van der Waals surface area contributed by atoms with Crippen LogP contribution in [-0.4, -0.2) is 52.7 Å². The van der Waals surface area contributed by atoms with Crippen LogP contribution < -0.4 is 19.7 Å². The second-order valence-electron chi connectivity index (χ2n) is 9.08. The van der Waals surface area contributed by atoms with Gasteiger partial charge in [0.25, 0.3) is 0 Å². The van der Waals surface area contributed by atoms with E-state index in [1.807, 2.05) is 43.3 Å². The van der Waals surface area contributed by atoms with Crippen molar-refractivity contribution in [1.29, 1.82) is 0 Å². The maximum atomic E-state index is 12.6. The summed E-state index contributed by atoms with van der Waals surface area (Å²) in [6.07, 6.45) is 4.10. The molecule has 1 heterocycles. The number of aromatic nitrogens is 2. The van der Waals surface area contributed by atoms with Crippen molar-refractivity contribution in [2.75, 3.05) is 44.5 Å². The highest BCUT2D eigenvalue weighted by atomic mass is 32.2. The van der Waals surface area contributed by atoms with E-state index in [0.717, 1.165) is 48.9 Å². The zero-order valence-corrected chi connectivity index (χ0v) is 20.8. The predicted molar refractivity (Wildman–Crippen MR) is 136 cm³/mol. The molecule has 0 radical (unpaired) electrons. The number of anilines is 2. The molecule has 1 fully saturated rings. The lowest BCUT2D eigenvalue weighted by Gasteiger charge is -2.28. The average molecular weight is 484 g/mol. The number of hydrogen-bond donors (Lipinski definition) is 2. The van der Waals surface area contributed by atoms with Crippen LogP contribution in [0, 0.1) is 11.8 Å². The molecule has 1 saturated carbocycles. The van der Waals surface area contributed by atoms with Gasteiger partial charge in [0, 0.05) is 32.6 Å². The van der Waals surface area contributed by atoms with Gasteiger partial charge in [-0.25, -0.2) is 18.1 Å². The standard InChI is InChI=1S/C25H33N5O3S/c1-30(2)24-22-6-4-5-7-23(22)28-25(29-24)26-16-18-8-10-19(11-9-18)17-27-34(31,32)21-14-12-20(33-3)13-15-21/h4-7,12-15,18-19,27H,8-11,16-17H2,1-3H3,(H,26,28,29). The summed E-state index contributed by atoms with van der Waals surface area (Å²) in [5.74, 6) is 3.06. The molecule has 0 bridgehead atoms. The van der Waals surface area contributed by atoms with Crippen molar-refractivity contribution in [3.05, 3.63) is 48.5 Å². The summed E-state index contributed by atoms with van der Waals surface area (Å²) in [4.78, 5) is 11.7. The van der Waals surface area contributed by atoms with Crippen LogP contribution in [0.15, 0.2) is 53.4 Å². The fourth-order valence-corrected chi connectivity index (χ4v) is 5.54. The summed E-state index contributed by atoms with van der Waals surface area (Å²) in [7, 11) is 2.02. The van der Waals surface area contributed by atoms with Gasteiger partial charge in [-0.1, -0.05) is 12.1 Å². The zero-order valence-electron chi connectivity index (χ0n) is 20.0. The Morgan fingerprint density at radius 1 is 0.941 bits per heavy atom. The number of fused-ring (bicyclic) bond motifs is 1. The Bertz CT molecular complexity index is 1210. The lowest BCUT2D eigenvalue weighted by Crippen LogP contribution is -2.32. The molecule has 3 aromatic rings. The first kappa shape index (κ1) is 24.2. The average Bonchev–Trinajstić information content (AvgIpc) is 2.86. The quantitative estimate of drug-likeness (QED) is 0.476. The largest absolute Gasteiger partial charge is 0.497 e. The Balaban J connectivity index is 1.27. The Morgan fingerprint density at radius 2 is 1.59 bits per heavy atom. The minimum Gasteiger partial charge on any atom is -0.497 e. The van der Waals surface area contributed by atoms with Gasteiger partial charge in [-0.05, 0) is 73.9 Å². The minimum absolute atomic E-state index is 0.263. The second-order valence-corrected chi connectivity index (χ2v) is 10.8. The maximum absolute atomic E-state index is 12.6. The molecule has 4 rings (SSSR count). The van der Waals surface area contributed by atoms with E-state index in [0.29, 0.717) is 30.1 Å². The van der Waals surface area contributed by atoms with Crippen LogP contribution in [0.1, 0.15) is 25.7 Å². The van der Waals surface area contributed by atoms with Gasteiger partial charge in [0.15, 0.2) is 0 Å². The van der Waals surface area contributed by atoms with Gasteiger partial charge in [-0.3, -0.25) is 0 Å². The minimum atomic E-state index is -3.51. The molecule has 0 atom stereocenters. The normalized spacial score (nSPS) is 18.6. The van der Waals surface area contributed by atoms with Crippen molar-refractivity contribution >= 4 is 32.7 Å². The van der Waals surface area contributed by atoms with Crippen LogP contribution in [0.4, 0.5) is 11.8 Å². The molecule has 2 aromatic carbocycles. The van der Waals surface area contributed by atoms with Crippen molar-refractivity contribution in [1.82, 2.24) is 14.7 Å². The highest BCUT2D eigenvalue weighted by Gasteiger charge is 2.23. The van der Waals surface area contributed by atoms with Crippen LogP contribution in [0.2, 0.25) is 0 Å². The van der Waals surface area contributed by atoms with Crippen molar-refractivity contribution in [3.63, 3.8) is 0 Å². The Hall–Kier alpha value is -2.91. The molecular formula is C25H33N5O3S. The number of nitrogens with one attached hydrogen (secondary N) is 2. The number of ether oxygens (including phenoxy) is 1. The molecule has 1 aliphatic rings. The molecule has 0 spiro atoms. The van der Waals surface area contributed by atoms with Gasteiger partial charge >= 0.3 is 0 Å². The summed E-state index contributed by atoms with van der Waals surface area (Å²) in [5, 5.41) is 4.47. The van der Waals surface area contributed by atoms with Crippen LogP contribution in [-0.2, 0) is 10.0 Å². The van der Waals surface area contributed by atoms with Crippen molar-refractivity contribution < 1.29 is 13.2 Å². The monoisotopic (exact) mass is 483 g/mol. The van der Waals surface area contributed by atoms with Crippen LogP contribution in [0.25, 0.3) is 10.9 Å². The van der Waals surface area contributed by atoms with Crippen molar-refractivity contribution in [2.45, 2.75) is 30.6 Å². The lowest BCUT2D eigenvalue weighted by molar-refractivity contribution is 0.284. The van der Waals surface area contributed by atoms with E-state index >= 15 is 0 Å². The first-order valence-electron chi connectivity index (χ1n) is 11.7. The number of benzene rings is 2. The summed E-state index contributed by atoms with van der Waals surface area (Å²) >= 11 is 0. The van der Waals surface area contributed by atoms with Gasteiger partial charge in [0.1, 0.15) is 11.6 Å². The van der Waals surface area contributed by atoms with Gasteiger partial charge in [0.2, 0.25) is 16.0 Å². The van der Waals surface area contributed by atoms with Gasteiger partial charge in [-0.15, -0.1) is 0 Å². The lowest BCUT2D eigenvalue weighted by atomic mass is 9.82. The first-order chi connectivity index (χ1) is 16.4. The molecule has 0 saturated heterocycles. The number of nitrogens with zero attached hydrogens (tertiary/aromatic N) is 3. The number of methoxy groups -OCH3 is 1. The maximum Gasteiger partial charge on any atom is 0.240 e. The first-order valence-corrected chi connectivity index (χ1v) is 13.2. The SMILES string of the molecule is COc1ccc(S(=O)(=O)NCC2CCC(CNc3nc(N(C)C)c4ccccc4n3)CC2)cc1. The molecule has 34 heavy (non-hydrogen) atoms. The highest BCUT2D eigenvalue weighted by molar-refractivity contribution is 7.89. The molecule has 8 nitrogen and oxygen atoms in total. The fourth-order valence-electron chi connectivity index (χ4n) is 4.42. The summed E-state index contributed by atoms with van der Waals surface area (Å²) in [6, 6.07) is 14.5. The van der Waals surface area contributed by atoms with E-state index in [1.54, 1.807) is 31.4 Å². The third kappa shape index (κ3) is 5.77. The molecular weight excluding hydrogens is 450 g/mol. The summed E-state index contributed by atoms with van der Waals surface area (Å²) in [5.41, 5.74) is 0.927. The van der Waals surface area contributed by atoms with Gasteiger partial charge in [0.05, 0.1) is 17.5 Å². The number of hydrogen-bond acceptors (Lipinski definition) is 7. The number of rotatable bonds is 9. The molecule has 2 N–H and O–H groups in total. The van der Waals surface area contributed by atoms with Crippen LogP contribution >= 0.6 is 0 Å².